The highest BCUT2D eigenvalue weighted by atomic mass is 35.5. The van der Waals surface area contributed by atoms with E-state index in [9.17, 15) is 13.6 Å². The molecular formula is C25H32Cl2F4N4O. The first-order valence-electron chi connectivity index (χ1n) is 12.2. The van der Waals surface area contributed by atoms with E-state index in [1.807, 2.05) is 0 Å². The van der Waals surface area contributed by atoms with Crippen molar-refractivity contribution in [3.05, 3.63) is 47.6 Å². The standard InChI is InChI=1S/C25H32Cl2F4N4O/c26-19-13-17(1-3-24(19,30)34-9-5-22(28,15-32)6-10-34)21(36)18-2-4-25(31,20(27)14-18)35-11-7-23(29,16-33)8-12-35/h1-4,13-14,19-20H,5-12,15-16,32-33H2. The summed E-state index contributed by atoms with van der Waals surface area (Å²) in [6, 6.07) is 0. The fraction of sp³-hybridized carbons (Fsp3) is 0.640. The van der Waals surface area contributed by atoms with Crippen LogP contribution in [0.25, 0.3) is 0 Å². The lowest BCUT2D eigenvalue weighted by Gasteiger charge is -2.44. The summed E-state index contributed by atoms with van der Waals surface area (Å²) in [7, 11) is 0. The number of piperidine rings is 2. The van der Waals surface area contributed by atoms with Crippen LogP contribution in [0, 0.1) is 0 Å². The van der Waals surface area contributed by atoms with E-state index in [1.54, 1.807) is 0 Å². The van der Waals surface area contributed by atoms with Crippen molar-refractivity contribution in [2.75, 3.05) is 39.3 Å². The Morgan fingerprint density at radius 3 is 1.39 bits per heavy atom. The Balaban J connectivity index is 1.42. The molecule has 2 saturated heterocycles. The van der Waals surface area contributed by atoms with Gasteiger partial charge in [-0.25, -0.2) is 17.6 Å². The van der Waals surface area contributed by atoms with Gasteiger partial charge in [-0.15, -0.1) is 23.2 Å². The van der Waals surface area contributed by atoms with E-state index in [-0.39, 0.29) is 76.1 Å². The van der Waals surface area contributed by atoms with Gasteiger partial charge in [0.25, 0.3) is 0 Å². The maximum Gasteiger partial charge on any atom is 0.203 e. The van der Waals surface area contributed by atoms with E-state index in [0.29, 0.717) is 0 Å². The third kappa shape index (κ3) is 5.07. The zero-order chi connectivity index (χ0) is 26.4. The van der Waals surface area contributed by atoms with Gasteiger partial charge in [0.1, 0.15) is 22.1 Å². The second-order valence-corrected chi connectivity index (χ2v) is 11.1. The highest BCUT2D eigenvalue weighted by Gasteiger charge is 2.48. The van der Waals surface area contributed by atoms with E-state index in [2.05, 4.69) is 0 Å². The highest BCUT2D eigenvalue weighted by molar-refractivity contribution is 6.25. The molecule has 2 heterocycles. The van der Waals surface area contributed by atoms with Crippen LogP contribution in [0.1, 0.15) is 25.7 Å². The van der Waals surface area contributed by atoms with Gasteiger partial charge in [-0.2, -0.15) is 0 Å². The number of ketones is 1. The van der Waals surface area contributed by atoms with Crippen LogP contribution in [0.5, 0.6) is 0 Å². The van der Waals surface area contributed by atoms with Crippen molar-refractivity contribution in [1.29, 1.82) is 0 Å². The minimum Gasteiger partial charge on any atom is -0.328 e. The number of Topliss-reactive ketones (excluding diaryl/α,β-unsaturated/α-hetero) is 1. The van der Waals surface area contributed by atoms with Crippen molar-refractivity contribution < 1.29 is 22.4 Å². The van der Waals surface area contributed by atoms with Crippen molar-refractivity contribution in [1.82, 2.24) is 9.80 Å². The number of carbonyl (C=O) groups excluding carboxylic acids is 1. The fourth-order valence-corrected chi connectivity index (χ4v) is 5.89. The van der Waals surface area contributed by atoms with E-state index in [4.69, 9.17) is 34.7 Å². The van der Waals surface area contributed by atoms with Crippen molar-refractivity contribution in [2.24, 2.45) is 11.5 Å². The molecule has 0 spiro atoms. The maximum absolute atomic E-state index is 15.8. The van der Waals surface area contributed by atoms with Crippen LogP contribution in [0.3, 0.4) is 0 Å². The molecule has 0 aromatic rings. The summed E-state index contributed by atoms with van der Waals surface area (Å²) in [5, 5.41) is -2.38. The predicted octanol–water partition coefficient (Wildman–Crippen LogP) is 3.62. The molecule has 200 valence electrons. The summed E-state index contributed by atoms with van der Waals surface area (Å²) < 4.78 is 60.5. The van der Waals surface area contributed by atoms with Crippen molar-refractivity contribution >= 4 is 29.0 Å². The maximum atomic E-state index is 15.8. The first-order valence-corrected chi connectivity index (χ1v) is 13.1. The number of hydrogen-bond donors (Lipinski definition) is 2. The van der Waals surface area contributed by atoms with Crippen LogP contribution in [0.15, 0.2) is 47.6 Å². The first kappa shape index (κ1) is 27.8. The summed E-state index contributed by atoms with van der Waals surface area (Å²) >= 11 is 12.7. The molecular weight excluding hydrogens is 519 g/mol. The first-order chi connectivity index (χ1) is 16.9. The molecule has 4 atom stereocenters. The zero-order valence-corrected chi connectivity index (χ0v) is 21.4. The number of allylic oxidation sites excluding steroid dienone is 4. The van der Waals surface area contributed by atoms with Crippen LogP contribution in [0.2, 0.25) is 0 Å². The molecule has 0 radical (unpaired) electrons. The molecule has 0 saturated carbocycles. The summed E-state index contributed by atoms with van der Waals surface area (Å²) in [5.41, 5.74) is 8.25. The second-order valence-electron chi connectivity index (χ2n) is 10.2. The number of likely N-dealkylation sites (tertiary alicyclic amines) is 2. The minimum atomic E-state index is -2.08. The lowest BCUT2D eigenvalue weighted by atomic mass is 9.87. The Hall–Kier alpha value is -1.23. The third-order valence-electron chi connectivity index (χ3n) is 7.96. The fourth-order valence-electron chi connectivity index (χ4n) is 5.19. The van der Waals surface area contributed by atoms with Gasteiger partial charge in [-0.3, -0.25) is 14.6 Å². The minimum absolute atomic E-state index is 0.0947. The lowest BCUT2D eigenvalue weighted by Crippen LogP contribution is -2.57. The van der Waals surface area contributed by atoms with E-state index >= 15 is 8.78 Å². The smallest absolute Gasteiger partial charge is 0.203 e. The molecule has 0 bridgehead atoms. The SMILES string of the molecule is NCC1(F)CCN(C2(F)C=CC(C(=O)C3=CC(Cl)C(F)(N4CCC(F)(CN)CC4)C=C3)=CC2Cl)CC1. The van der Waals surface area contributed by atoms with E-state index < -0.39 is 39.5 Å². The predicted molar refractivity (Wildman–Crippen MR) is 134 cm³/mol. The Bertz CT molecular complexity index is 913. The molecule has 4 unspecified atom stereocenters. The molecule has 36 heavy (non-hydrogen) atoms. The summed E-state index contributed by atoms with van der Waals surface area (Å²) in [6.45, 7) is 0.318. The van der Waals surface area contributed by atoms with Gasteiger partial charge in [0.05, 0.1) is 0 Å². The Morgan fingerprint density at radius 1 is 0.778 bits per heavy atom. The Labute approximate surface area is 218 Å². The molecule has 4 aliphatic rings. The van der Waals surface area contributed by atoms with Crippen molar-refractivity contribution in [2.45, 2.75) is 59.4 Å². The molecule has 0 aromatic carbocycles. The molecule has 2 aliphatic heterocycles. The van der Waals surface area contributed by atoms with Crippen LogP contribution in [0.4, 0.5) is 17.6 Å². The van der Waals surface area contributed by atoms with Crippen LogP contribution < -0.4 is 11.5 Å². The molecule has 4 rings (SSSR count). The zero-order valence-electron chi connectivity index (χ0n) is 19.9. The topological polar surface area (TPSA) is 75.6 Å². The third-order valence-corrected chi connectivity index (χ3v) is 8.83. The number of hydrogen-bond acceptors (Lipinski definition) is 5. The highest BCUT2D eigenvalue weighted by Crippen LogP contribution is 2.40. The van der Waals surface area contributed by atoms with Gasteiger partial charge < -0.3 is 11.5 Å². The van der Waals surface area contributed by atoms with Crippen molar-refractivity contribution in [3.63, 3.8) is 0 Å². The number of nitrogens with two attached hydrogens (primary N) is 2. The van der Waals surface area contributed by atoms with Gasteiger partial charge >= 0.3 is 0 Å². The van der Waals surface area contributed by atoms with Gasteiger partial charge in [0.2, 0.25) is 11.6 Å². The summed E-state index contributed by atoms with van der Waals surface area (Å²) in [6.07, 6.45) is 8.12. The van der Waals surface area contributed by atoms with Crippen molar-refractivity contribution in [3.8, 4) is 0 Å². The largest absolute Gasteiger partial charge is 0.328 e. The van der Waals surface area contributed by atoms with Gasteiger partial charge in [0.15, 0.2) is 5.78 Å². The van der Waals surface area contributed by atoms with Gasteiger partial charge in [-0.1, -0.05) is 24.3 Å². The summed E-state index contributed by atoms with van der Waals surface area (Å²) in [4.78, 5) is 16.0. The number of nitrogens with zero attached hydrogens (tertiary/aromatic N) is 2. The summed E-state index contributed by atoms with van der Waals surface area (Å²) in [5.74, 6) is -4.63. The van der Waals surface area contributed by atoms with Gasteiger partial charge in [0, 0.05) is 50.4 Å². The average molecular weight is 551 g/mol. The van der Waals surface area contributed by atoms with E-state index in [1.165, 1.54) is 46.3 Å². The average Bonchev–Trinajstić information content (AvgIpc) is 2.87. The second kappa shape index (κ2) is 10.2. The normalized spacial score (nSPS) is 36.9. The van der Waals surface area contributed by atoms with E-state index in [0.717, 1.165) is 0 Å². The Kier molecular flexibility index (Phi) is 7.84. The number of halogens is 6. The molecule has 0 aromatic heterocycles. The molecule has 2 fully saturated rings. The molecule has 2 aliphatic carbocycles. The van der Waals surface area contributed by atoms with Crippen LogP contribution in [-0.4, -0.2) is 88.5 Å². The molecule has 0 amide bonds. The molecule has 4 N–H and O–H groups in total. The lowest BCUT2D eigenvalue weighted by molar-refractivity contribution is -0.111. The van der Waals surface area contributed by atoms with Gasteiger partial charge in [-0.05, 0) is 37.8 Å². The van der Waals surface area contributed by atoms with Crippen LogP contribution >= 0.6 is 23.2 Å². The number of alkyl halides is 6. The van der Waals surface area contributed by atoms with Crippen LogP contribution in [-0.2, 0) is 4.79 Å². The molecule has 11 heteroatoms. The Morgan fingerprint density at radius 2 is 1.11 bits per heavy atom. The quantitative estimate of drug-likeness (QED) is 0.300. The monoisotopic (exact) mass is 550 g/mol. The molecule has 5 nitrogen and oxygen atoms in total. The number of carbonyl (C=O) groups is 1. The number of rotatable bonds is 6.